The molecule has 45 heavy (non-hydrogen) atoms. The van der Waals surface area contributed by atoms with Gasteiger partial charge in [0.2, 0.25) is 0 Å². The van der Waals surface area contributed by atoms with E-state index >= 15 is 0 Å². The Bertz CT molecular complexity index is 1580. The van der Waals surface area contributed by atoms with Crippen molar-refractivity contribution >= 4 is 53.7 Å². The number of nitrogens with zero attached hydrogens (tertiary/aromatic N) is 2. The van der Waals surface area contributed by atoms with Crippen molar-refractivity contribution in [2.24, 2.45) is 0 Å². The van der Waals surface area contributed by atoms with E-state index in [-0.39, 0.29) is 23.9 Å². The van der Waals surface area contributed by atoms with Crippen molar-refractivity contribution < 1.29 is 28.7 Å². The lowest BCUT2D eigenvalue weighted by Crippen LogP contribution is -2.67. The summed E-state index contributed by atoms with van der Waals surface area (Å²) in [6.45, 7) is 9.73. The highest BCUT2D eigenvalue weighted by Crippen LogP contribution is 2.37. The number of anilines is 1. The monoisotopic (exact) mass is 643 g/mol. The van der Waals surface area contributed by atoms with Gasteiger partial charge in [-0.2, -0.15) is 0 Å². The van der Waals surface area contributed by atoms with E-state index in [1.165, 1.54) is 29.4 Å². The Morgan fingerprint density at radius 3 is 2.09 bits per heavy atom. The lowest BCUT2D eigenvalue weighted by Gasteiger charge is -2.44. The summed E-state index contributed by atoms with van der Waals surface area (Å²) >= 11 is 1.26. The first-order chi connectivity index (χ1) is 21.5. The third kappa shape index (κ3) is 7.56. The quantitative estimate of drug-likeness (QED) is 0.151. The summed E-state index contributed by atoms with van der Waals surface area (Å²) in [5.74, 6) is -1.70. The summed E-state index contributed by atoms with van der Waals surface area (Å²) in [4.78, 5) is 43.6. The molecule has 0 aliphatic rings. The van der Waals surface area contributed by atoms with Crippen molar-refractivity contribution in [1.29, 1.82) is 0 Å². The Morgan fingerprint density at radius 2 is 1.58 bits per heavy atom. The van der Waals surface area contributed by atoms with Gasteiger partial charge in [0, 0.05) is 23.7 Å². The number of likely N-dealkylation sites (N-methyl/N-ethyl adjacent to an activating group) is 1. The molecule has 0 aliphatic heterocycles. The largest absolute Gasteiger partial charge is 0.480 e. The molecule has 4 aromatic rings. The third-order valence-electron chi connectivity index (χ3n) is 7.38. The molecule has 11 heteroatoms. The zero-order chi connectivity index (χ0) is 32.6. The van der Waals surface area contributed by atoms with Crippen molar-refractivity contribution in [2.45, 2.75) is 31.9 Å². The molecule has 1 unspecified atom stereocenters. The zero-order valence-electron chi connectivity index (χ0n) is 25.7. The maximum Gasteiger partial charge on any atom is 0.411 e. The summed E-state index contributed by atoms with van der Waals surface area (Å²) in [5, 5.41) is 16.7. The molecule has 1 heterocycles. The number of carbonyl (C=O) groups is 3. The second-order valence-corrected chi connectivity index (χ2v) is 16.5. The summed E-state index contributed by atoms with van der Waals surface area (Å²) < 4.78 is 11.8. The number of nitrogens with one attached hydrogen (secondary N) is 1. The number of thiazole rings is 1. The summed E-state index contributed by atoms with van der Waals surface area (Å²) in [5.41, 5.74) is 1.39. The van der Waals surface area contributed by atoms with Crippen LogP contribution in [0.2, 0.25) is 5.04 Å². The normalized spacial score (nSPS) is 12.2. The van der Waals surface area contributed by atoms with Crippen LogP contribution in [0, 0.1) is 0 Å². The van der Waals surface area contributed by atoms with E-state index in [0.29, 0.717) is 10.7 Å². The number of carboxylic acids is 1. The SMILES string of the molecule is C=CCOC(=O)Nc1ccc(-c2nc(C(=O)N(C)C(CO[Si](c3ccccc3)(c3ccccc3)C(C)(C)C)C(=O)O)cs2)cc1. The van der Waals surface area contributed by atoms with Gasteiger partial charge in [-0.05, 0) is 39.7 Å². The number of hydrogen-bond donors (Lipinski definition) is 2. The average Bonchev–Trinajstić information content (AvgIpc) is 3.52. The lowest BCUT2D eigenvalue weighted by atomic mass is 10.2. The van der Waals surface area contributed by atoms with E-state index in [9.17, 15) is 19.5 Å². The third-order valence-corrected chi connectivity index (χ3v) is 13.3. The second-order valence-electron chi connectivity index (χ2n) is 11.4. The van der Waals surface area contributed by atoms with E-state index in [0.717, 1.165) is 15.9 Å². The number of aromatic nitrogens is 1. The van der Waals surface area contributed by atoms with Crippen LogP contribution in [-0.2, 0) is 14.0 Å². The number of aliphatic carboxylic acids is 1. The van der Waals surface area contributed by atoms with Gasteiger partial charge in [-0.15, -0.1) is 11.3 Å². The Labute approximate surface area is 268 Å². The predicted octanol–water partition coefficient (Wildman–Crippen LogP) is 5.65. The smallest absolute Gasteiger partial charge is 0.411 e. The van der Waals surface area contributed by atoms with Crippen LogP contribution in [0.15, 0.2) is 103 Å². The highest BCUT2D eigenvalue weighted by Gasteiger charge is 2.51. The second kappa shape index (κ2) is 14.5. The predicted molar refractivity (Wildman–Crippen MR) is 180 cm³/mol. The molecule has 0 saturated heterocycles. The van der Waals surface area contributed by atoms with Gasteiger partial charge in [-0.1, -0.05) is 94.1 Å². The first-order valence-electron chi connectivity index (χ1n) is 14.3. The molecule has 0 saturated carbocycles. The first kappa shape index (κ1) is 33.3. The highest BCUT2D eigenvalue weighted by molar-refractivity contribution is 7.13. The van der Waals surface area contributed by atoms with Gasteiger partial charge in [0.25, 0.3) is 14.2 Å². The highest BCUT2D eigenvalue weighted by atomic mass is 32.1. The van der Waals surface area contributed by atoms with Gasteiger partial charge in [0.05, 0.1) is 6.61 Å². The maximum atomic E-state index is 13.6. The van der Waals surface area contributed by atoms with Gasteiger partial charge in [-0.3, -0.25) is 10.1 Å². The van der Waals surface area contributed by atoms with Crippen LogP contribution in [0.3, 0.4) is 0 Å². The van der Waals surface area contributed by atoms with E-state index in [2.05, 4.69) is 37.7 Å². The number of hydrogen-bond acceptors (Lipinski definition) is 7. The summed E-state index contributed by atoms with van der Waals surface area (Å²) in [6.07, 6.45) is 0.878. The van der Waals surface area contributed by atoms with Crippen molar-refractivity contribution in [1.82, 2.24) is 9.88 Å². The minimum absolute atomic E-state index is 0.0998. The molecule has 4 rings (SSSR count). The van der Waals surface area contributed by atoms with Crippen LogP contribution in [-0.4, -0.2) is 67.6 Å². The van der Waals surface area contributed by atoms with Crippen molar-refractivity contribution in [3.05, 3.63) is 109 Å². The first-order valence-corrected chi connectivity index (χ1v) is 17.1. The molecule has 9 nitrogen and oxygen atoms in total. The van der Waals surface area contributed by atoms with Gasteiger partial charge >= 0.3 is 12.1 Å². The van der Waals surface area contributed by atoms with E-state index in [4.69, 9.17) is 9.16 Å². The number of ether oxygens (including phenoxy) is 1. The fourth-order valence-electron chi connectivity index (χ4n) is 5.13. The Kier molecular flexibility index (Phi) is 10.7. The Morgan fingerprint density at radius 1 is 1.00 bits per heavy atom. The molecule has 2 N–H and O–H groups in total. The van der Waals surface area contributed by atoms with Crippen LogP contribution in [0.25, 0.3) is 10.6 Å². The minimum atomic E-state index is -3.03. The zero-order valence-corrected chi connectivity index (χ0v) is 27.5. The molecule has 0 bridgehead atoms. The molecule has 0 aliphatic carbocycles. The van der Waals surface area contributed by atoms with Crippen LogP contribution < -0.4 is 15.7 Å². The van der Waals surface area contributed by atoms with Crippen LogP contribution in [0.4, 0.5) is 10.5 Å². The average molecular weight is 644 g/mol. The van der Waals surface area contributed by atoms with Crippen LogP contribution in [0.5, 0.6) is 0 Å². The molecule has 234 valence electrons. The number of carboxylic acid groups (broad SMARTS) is 1. The van der Waals surface area contributed by atoms with Gasteiger partial charge < -0.3 is 19.2 Å². The number of amides is 2. The van der Waals surface area contributed by atoms with Gasteiger partial charge in [0.1, 0.15) is 17.3 Å². The molecule has 1 aromatic heterocycles. The van der Waals surface area contributed by atoms with Gasteiger partial charge in [0.15, 0.2) is 6.04 Å². The molecule has 0 radical (unpaired) electrons. The number of rotatable bonds is 12. The van der Waals surface area contributed by atoms with E-state index in [1.54, 1.807) is 29.6 Å². The molecule has 2 amide bonds. The van der Waals surface area contributed by atoms with Crippen molar-refractivity contribution in [3.63, 3.8) is 0 Å². The Hall–Kier alpha value is -4.58. The standard InChI is InChI=1S/C34H37N3O6SSi/c1-6-21-42-33(41)35-25-19-17-24(18-20-25)30-36-28(23-44-30)31(38)37(5)29(32(39)40)22-43-45(34(2,3)4,26-13-9-7-10-14-26)27-15-11-8-12-16-27/h6-20,23,29H,1,21-22H2,2-5H3,(H,35,41)(H,39,40). The number of benzene rings is 3. The molecular formula is C34H37N3O6SSi. The van der Waals surface area contributed by atoms with Crippen molar-refractivity contribution in [2.75, 3.05) is 25.6 Å². The van der Waals surface area contributed by atoms with Crippen LogP contribution in [0.1, 0.15) is 31.3 Å². The minimum Gasteiger partial charge on any atom is -0.480 e. The van der Waals surface area contributed by atoms with Crippen molar-refractivity contribution in [3.8, 4) is 10.6 Å². The van der Waals surface area contributed by atoms with E-state index < -0.39 is 32.3 Å². The number of carbonyl (C=O) groups excluding carboxylic acids is 2. The molecule has 3 aromatic carbocycles. The molecular weight excluding hydrogens is 607 g/mol. The topological polar surface area (TPSA) is 118 Å². The fraction of sp³-hybridized carbons (Fsp3) is 0.235. The summed E-state index contributed by atoms with van der Waals surface area (Å²) in [7, 11) is -1.57. The molecule has 1 atom stereocenters. The van der Waals surface area contributed by atoms with Crippen LogP contribution >= 0.6 is 11.3 Å². The maximum absolute atomic E-state index is 13.6. The van der Waals surface area contributed by atoms with Gasteiger partial charge in [-0.25, -0.2) is 14.6 Å². The lowest BCUT2D eigenvalue weighted by molar-refractivity contribution is -0.143. The molecule has 0 spiro atoms. The summed E-state index contributed by atoms with van der Waals surface area (Å²) in [6, 6.07) is 25.5. The molecule has 0 fully saturated rings. The fourth-order valence-corrected chi connectivity index (χ4v) is 10.5. The Balaban J connectivity index is 1.55. The van der Waals surface area contributed by atoms with E-state index in [1.807, 2.05) is 60.7 Å².